The second kappa shape index (κ2) is 28.5. The van der Waals surface area contributed by atoms with Crippen molar-refractivity contribution in [2.75, 3.05) is 46.8 Å². The molecule has 20 heteroatoms. The fraction of sp³-hybridized carbons (Fsp3) is 0.582. The van der Waals surface area contributed by atoms with E-state index in [9.17, 15) is 42.3 Å². The molecule has 1 aliphatic heterocycles. The number of aliphatic imine (C=N–C) groups is 1. The number of nitrogens with zero attached hydrogens (tertiary/aromatic N) is 2. The predicted octanol–water partition coefficient (Wildman–Crippen LogP) is 7.12. The summed E-state index contributed by atoms with van der Waals surface area (Å²) >= 11 is 0. The van der Waals surface area contributed by atoms with Crippen LogP contribution in [0.3, 0.4) is 0 Å². The smallest absolute Gasteiger partial charge is 0.407 e. The van der Waals surface area contributed by atoms with Gasteiger partial charge in [-0.1, -0.05) is 30.7 Å². The molecule has 0 bridgehead atoms. The highest BCUT2D eigenvalue weighted by Crippen LogP contribution is 2.43. The molecule has 0 aromatic heterocycles. The molecule has 19 nitrogen and oxygen atoms in total. The minimum Gasteiger partial charge on any atom is -0.487 e. The quantitative estimate of drug-likeness (QED) is 0.0218. The fourth-order valence-corrected chi connectivity index (χ4v) is 10.5. The van der Waals surface area contributed by atoms with Crippen molar-refractivity contribution in [3.8, 4) is 5.75 Å². The molecule has 414 valence electrons. The summed E-state index contributed by atoms with van der Waals surface area (Å²) in [5, 5.41) is 25.0. The van der Waals surface area contributed by atoms with E-state index < -0.39 is 39.3 Å². The monoisotopic (exact) mass is 1060 g/mol. The number of rotatable bonds is 28. The number of sulfonamides is 1. The molecule has 0 radical (unpaired) electrons. The lowest BCUT2D eigenvalue weighted by molar-refractivity contribution is -0.129. The third-order valence-corrected chi connectivity index (χ3v) is 14.4. The number of alkyl carbamates (subject to hydrolysis) is 1. The number of benzene rings is 3. The molecule has 3 aromatic carbocycles. The van der Waals surface area contributed by atoms with E-state index in [2.05, 4.69) is 36.3 Å². The molecule has 1 aliphatic rings. The lowest BCUT2D eigenvalue weighted by atomic mass is 9.94. The van der Waals surface area contributed by atoms with Crippen LogP contribution in [-0.4, -0.2) is 124 Å². The Labute approximate surface area is 443 Å². The van der Waals surface area contributed by atoms with Gasteiger partial charge >= 0.3 is 12.1 Å². The molecule has 5 amide bonds. The Morgan fingerprint density at radius 2 is 1.29 bits per heavy atom. The van der Waals surface area contributed by atoms with E-state index in [-0.39, 0.29) is 59.4 Å². The van der Waals surface area contributed by atoms with E-state index in [1.807, 2.05) is 20.8 Å². The number of carbonyl (C=O) groups is 6. The summed E-state index contributed by atoms with van der Waals surface area (Å²) in [6.07, 6.45) is 7.18. The summed E-state index contributed by atoms with van der Waals surface area (Å²) in [5.74, 6) is -1.29. The zero-order valence-electron chi connectivity index (χ0n) is 45.8. The van der Waals surface area contributed by atoms with Crippen molar-refractivity contribution in [3.05, 3.63) is 69.8 Å². The summed E-state index contributed by atoms with van der Waals surface area (Å²) in [4.78, 5) is 82.2. The molecule has 0 fully saturated rings. The second-order valence-corrected chi connectivity index (χ2v) is 22.7. The average Bonchev–Trinajstić information content (AvgIpc) is 3.67. The number of carbonyl (C=O) groups excluding carboxylic acids is 5. The molecule has 1 atom stereocenters. The van der Waals surface area contributed by atoms with E-state index >= 15 is 0 Å². The first-order chi connectivity index (χ1) is 35.3. The standard InChI is InChI=1S/C55H82N8O11S/c1-36-37(2)48(38(3)43-35-55(7,8)73-47(36)43)75(71,72)62-52(63(9)10)59-34-22-25-44(61-46(65)27-15-11-14-26-45(64)56-30-18-12-21-33-60-53(70)74-54(4,5)6)50(67)58-32-20-13-19-31-57-49(66)41-28-29-42(51(68)69)40-24-17-16-23-39(40)41/h16-17,23-24,28-29,44H,11-15,18-22,25-27,30-35H2,1-10H3,(H,56,64)(H,57,66)(H,58,67)(H,59,62)(H,60,70)(H,61,65)(H,68,69)/t44-/m0/s1. The summed E-state index contributed by atoms with van der Waals surface area (Å²) < 4.78 is 42.2. The Kier molecular flexibility index (Phi) is 23.2. The van der Waals surface area contributed by atoms with Gasteiger partial charge in [0.2, 0.25) is 23.7 Å². The van der Waals surface area contributed by atoms with Crippen molar-refractivity contribution in [2.45, 2.75) is 167 Å². The first-order valence-corrected chi connectivity index (χ1v) is 27.7. The SMILES string of the molecule is Cc1c(C)c(S(=O)(=O)NC(=NCCC[C@H](NC(=O)CCCCCC(=O)NCCCCCNC(=O)OC(C)(C)C)C(=O)NCCCCCNC(=O)c2ccc(C(=O)O)c3ccccc23)N(C)C)c(C)c2c1OC(C)(C)C2. The van der Waals surface area contributed by atoms with Gasteiger partial charge in [0.1, 0.15) is 23.0 Å². The molecular formula is C55H82N8O11S. The van der Waals surface area contributed by atoms with Crippen LogP contribution in [0, 0.1) is 20.8 Å². The number of ether oxygens (including phenoxy) is 2. The molecule has 1 heterocycles. The van der Waals surface area contributed by atoms with Crippen LogP contribution < -0.4 is 36.0 Å². The molecule has 0 unspecified atom stereocenters. The van der Waals surface area contributed by atoms with Gasteiger partial charge in [0, 0.05) is 77.2 Å². The highest BCUT2D eigenvalue weighted by Gasteiger charge is 2.37. The Bertz CT molecular complexity index is 2640. The minimum atomic E-state index is -4.08. The molecule has 4 rings (SSSR count). The fourth-order valence-electron chi connectivity index (χ4n) is 8.84. The van der Waals surface area contributed by atoms with Crippen molar-refractivity contribution in [2.24, 2.45) is 4.99 Å². The number of carboxylic acid groups (broad SMARTS) is 1. The Hall–Kier alpha value is -6.44. The van der Waals surface area contributed by atoms with Crippen LogP contribution in [0.1, 0.15) is 161 Å². The number of hydrogen-bond acceptors (Lipinski definition) is 11. The molecule has 0 saturated heterocycles. The lowest BCUT2D eigenvalue weighted by Crippen LogP contribution is -2.47. The second-order valence-electron chi connectivity index (χ2n) is 21.0. The van der Waals surface area contributed by atoms with Crippen LogP contribution in [0.15, 0.2) is 46.3 Å². The number of amides is 5. The van der Waals surface area contributed by atoms with Gasteiger partial charge in [0.15, 0.2) is 0 Å². The van der Waals surface area contributed by atoms with Crippen molar-refractivity contribution in [3.63, 3.8) is 0 Å². The van der Waals surface area contributed by atoms with Crippen LogP contribution >= 0.6 is 0 Å². The van der Waals surface area contributed by atoms with E-state index in [1.165, 1.54) is 12.1 Å². The van der Waals surface area contributed by atoms with Gasteiger partial charge in [0.05, 0.1) is 10.5 Å². The molecule has 0 aliphatic carbocycles. The number of hydrogen-bond donors (Lipinski definition) is 7. The van der Waals surface area contributed by atoms with E-state index in [0.717, 1.165) is 36.1 Å². The number of unbranched alkanes of at least 4 members (excludes halogenated alkanes) is 6. The van der Waals surface area contributed by atoms with Crippen molar-refractivity contribution in [1.82, 2.24) is 36.2 Å². The van der Waals surface area contributed by atoms with Crippen LogP contribution in [-0.2, 0) is 35.6 Å². The van der Waals surface area contributed by atoms with Crippen molar-refractivity contribution in [1.29, 1.82) is 0 Å². The maximum atomic E-state index is 14.1. The van der Waals surface area contributed by atoms with Crippen LogP contribution in [0.4, 0.5) is 4.79 Å². The largest absolute Gasteiger partial charge is 0.487 e. The summed E-state index contributed by atoms with van der Waals surface area (Å²) in [5.41, 5.74) is 2.35. The molecule has 75 heavy (non-hydrogen) atoms. The minimum absolute atomic E-state index is 0.0676. The summed E-state index contributed by atoms with van der Waals surface area (Å²) in [7, 11) is -0.715. The number of aromatic carboxylic acids is 1. The molecule has 0 spiro atoms. The Morgan fingerprint density at radius 1 is 0.733 bits per heavy atom. The highest BCUT2D eigenvalue weighted by atomic mass is 32.2. The van der Waals surface area contributed by atoms with Gasteiger partial charge in [-0.3, -0.25) is 24.2 Å². The highest BCUT2D eigenvalue weighted by molar-refractivity contribution is 7.90. The maximum absolute atomic E-state index is 14.1. The topological polar surface area (TPSA) is 263 Å². The van der Waals surface area contributed by atoms with Crippen LogP contribution in [0.2, 0.25) is 0 Å². The predicted molar refractivity (Wildman–Crippen MR) is 291 cm³/mol. The third-order valence-electron chi connectivity index (χ3n) is 12.8. The van der Waals surface area contributed by atoms with Crippen molar-refractivity contribution < 1.29 is 51.8 Å². The molecule has 0 saturated carbocycles. The first kappa shape index (κ1) is 61.1. The number of nitrogens with one attached hydrogen (secondary N) is 6. The Balaban J connectivity index is 1.28. The van der Waals surface area contributed by atoms with Gasteiger partial charge in [-0.25, -0.2) is 22.7 Å². The van der Waals surface area contributed by atoms with Gasteiger partial charge in [-0.05, 0) is 159 Å². The number of carboxylic acids is 1. The molecule has 3 aromatic rings. The lowest BCUT2D eigenvalue weighted by Gasteiger charge is -2.22. The van der Waals surface area contributed by atoms with E-state index in [4.69, 9.17) is 9.47 Å². The summed E-state index contributed by atoms with van der Waals surface area (Å²) in [6, 6.07) is 8.92. The molecule has 7 N–H and O–H groups in total. The van der Waals surface area contributed by atoms with Gasteiger partial charge in [0.25, 0.3) is 15.9 Å². The van der Waals surface area contributed by atoms with Gasteiger partial charge < -0.3 is 46.1 Å². The Morgan fingerprint density at radius 3 is 1.91 bits per heavy atom. The zero-order valence-corrected chi connectivity index (χ0v) is 46.6. The first-order valence-electron chi connectivity index (χ1n) is 26.2. The molecular weight excluding hydrogens is 981 g/mol. The zero-order chi connectivity index (χ0) is 55.5. The van der Waals surface area contributed by atoms with E-state index in [0.29, 0.717) is 111 Å². The number of fused-ring (bicyclic) bond motifs is 2. The normalized spacial score (nSPS) is 13.5. The van der Waals surface area contributed by atoms with Crippen LogP contribution in [0.5, 0.6) is 5.75 Å². The average molecular weight is 1060 g/mol. The van der Waals surface area contributed by atoms with Crippen molar-refractivity contribution >= 4 is 62.4 Å². The van der Waals surface area contributed by atoms with Gasteiger partial charge in [-0.2, -0.15) is 0 Å². The van der Waals surface area contributed by atoms with Crippen LogP contribution in [0.25, 0.3) is 10.8 Å². The summed E-state index contributed by atoms with van der Waals surface area (Å²) in [6.45, 7) is 16.7. The number of guanidine groups is 1. The third kappa shape index (κ3) is 19.3. The van der Waals surface area contributed by atoms with Gasteiger partial charge in [-0.15, -0.1) is 0 Å². The maximum Gasteiger partial charge on any atom is 0.407 e. The van der Waals surface area contributed by atoms with E-state index in [1.54, 1.807) is 77.9 Å².